The van der Waals surface area contributed by atoms with Crippen LogP contribution in [0.3, 0.4) is 0 Å². The molecule has 0 bridgehead atoms. The minimum atomic E-state index is -2.88. The van der Waals surface area contributed by atoms with Gasteiger partial charge in [-0.3, -0.25) is 0 Å². The van der Waals surface area contributed by atoms with E-state index in [1.807, 2.05) is 25.1 Å². The van der Waals surface area contributed by atoms with Gasteiger partial charge in [0.15, 0.2) is 9.84 Å². The molecular formula is C13H20N4O2S. The lowest BCUT2D eigenvalue weighted by atomic mass is 10.2. The van der Waals surface area contributed by atoms with Gasteiger partial charge in [-0.25, -0.2) is 18.4 Å². The molecule has 1 aromatic heterocycles. The lowest BCUT2D eigenvalue weighted by molar-refractivity contribution is 0.600. The monoisotopic (exact) mass is 296 g/mol. The summed E-state index contributed by atoms with van der Waals surface area (Å²) in [7, 11) is 0.878. The molecule has 1 unspecified atom stereocenters. The number of hydrogen-bond acceptors (Lipinski definition) is 6. The second-order valence-corrected chi connectivity index (χ2v) is 7.89. The fourth-order valence-corrected chi connectivity index (χ4v) is 4.33. The minimum Gasteiger partial charge on any atom is -0.373 e. The van der Waals surface area contributed by atoms with Crippen LogP contribution in [0.25, 0.3) is 0 Å². The number of aromatic nitrogens is 2. The molecule has 1 N–H and O–H groups in total. The molecule has 0 aromatic carbocycles. The molecule has 1 atom stereocenters. The number of nitrogens with zero attached hydrogens (tertiary/aromatic N) is 3. The van der Waals surface area contributed by atoms with Crippen LogP contribution >= 0.6 is 0 Å². The number of sulfone groups is 1. The lowest BCUT2D eigenvalue weighted by Crippen LogP contribution is -2.33. The van der Waals surface area contributed by atoms with Gasteiger partial charge in [0, 0.05) is 32.1 Å². The molecule has 1 aromatic rings. The molecule has 0 amide bonds. The summed E-state index contributed by atoms with van der Waals surface area (Å²) in [6.45, 7) is 0. The van der Waals surface area contributed by atoms with Gasteiger partial charge in [-0.15, -0.1) is 0 Å². The third kappa shape index (κ3) is 2.72. The highest BCUT2D eigenvalue weighted by molar-refractivity contribution is 7.91. The Labute approximate surface area is 119 Å². The van der Waals surface area contributed by atoms with Crippen molar-refractivity contribution >= 4 is 21.5 Å². The largest absolute Gasteiger partial charge is 0.373 e. The van der Waals surface area contributed by atoms with E-state index in [-0.39, 0.29) is 17.5 Å². The first-order valence-corrected chi connectivity index (χ1v) is 8.80. The Hall–Kier alpha value is -1.37. The van der Waals surface area contributed by atoms with Gasteiger partial charge in [-0.2, -0.15) is 0 Å². The quantitative estimate of drug-likeness (QED) is 0.894. The zero-order chi connectivity index (χ0) is 14.3. The second kappa shape index (κ2) is 4.87. The topological polar surface area (TPSA) is 75.2 Å². The normalized spacial score (nSPS) is 24.6. The number of hydrogen-bond donors (Lipinski definition) is 1. The van der Waals surface area contributed by atoms with E-state index in [0.29, 0.717) is 12.3 Å². The molecule has 1 saturated carbocycles. The summed E-state index contributed by atoms with van der Waals surface area (Å²) in [5.74, 6) is 3.46. The lowest BCUT2D eigenvalue weighted by Gasteiger charge is -2.25. The zero-order valence-electron chi connectivity index (χ0n) is 11.8. The van der Waals surface area contributed by atoms with E-state index in [2.05, 4.69) is 15.3 Å². The molecular weight excluding hydrogens is 276 g/mol. The Morgan fingerprint density at radius 1 is 1.30 bits per heavy atom. The summed E-state index contributed by atoms with van der Waals surface area (Å²) in [5.41, 5.74) is 0. The molecule has 110 valence electrons. The predicted molar refractivity (Wildman–Crippen MR) is 79.0 cm³/mol. The van der Waals surface area contributed by atoms with Crippen LogP contribution in [-0.2, 0) is 9.84 Å². The summed E-state index contributed by atoms with van der Waals surface area (Å²) in [6, 6.07) is 1.91. The highest BCUT2D eigenvalue weighted by Crippen LogP contribution is 2.39. The zero-order valence-corrected chi connectivity index (χ0v) is 12.7. The summed E-state index contributed by atoms with van der Waals surface area (Å²) in [4.78, 5) is 11.1. The minimum absolute atomic E-state index is 0.0201. The van der Waals surface area contributed by atoms with Crippen molar-refractivity contribution in [3.63, 3.8) is 0 Å². The predicted octanol–water partition coefficient (Wildman–Crippen LogP) is 1.02. The van der Waals surface area contributed by atoms with Crippen molar-refractivity contribution in [2.75, 3.05) is 35.8 Å². The molecule has 0 spiro atoms. The van der Waals surface area contributed by atoms with E-state index in [0.717, 1.165) is 30.3 Å². The van der Waals surface area contributed by atoms with Crippen molar-refractivity contribution in [1.29, 1.82) is 0 Å². The van der Waals surface area contributed by atoms with E-state index in [9.17, 15) is 8.42 Å². The Kier molecular flexibility index (Phi) is 3.32. The summed E-state index contributed by atoms with van der Waals surface area (Å²) < 4.78 is 23.2. The molecule has 3 rings (SSSR count). The van der Waals surface area contributed by atoms with Crippen LogP contribution in [0.4, 0.5) is 11.6 Å². The first kappa shape index (κ1) is 13.6. The van der Waals surface area contributed by atoms with E-state index < -0.39 is 9.84 Å². The molecule has 6 nitrogen and oxygen atoms in total. The Morgan fingerprint density at radius 2 is 2.05 bits per heavy atom. The Balaban J connectivity index is 1.87. The van der Waals surface area contributed by atoms with Crippen LogP contribution in [0.2, 0.25) is 0 Å². The van der Waals surface area contributed by atoms with Crippen LogP contribution in [0.15, 0.2) is 6.07 Å². The molecule has 0 radical (unpaired) electrons. The third-order valence-corrected chi connectivity index (χ3v) is 5.80. The SMILES string of the molecule is CNc1cc(N(C)C2CCS(=O)(=O)C2)nc(C2CC2)n1. The maximum atomic E-state index is 11.6. The van der Waals surface area contributed by atoms with Crippen molar-refractivity contribution in [1.82, 2.24) is 9.97 Å². The van der Waals surface area contributed by atoms with Gasteiger partial charge in [0.1, 0.15) is 17.5 Å². The third-order valence-electron chi connectivity index (χ3n) is 4.05. The van der Waals surface area contributed by atoms with Gasteiger partial charge in [-0.1, -0.05) is 0 Å². The smallest absolute Gasteiger partial charge is 0.152 e. The fraction of sp³-hybridized carbons (Fsp3) is 0.692. The molecule has 20 heavy (non-hydrogen) atoms. The number of nitrogens with one attached hydrogen (secondary N) is 1. The first-order chi connectivity index (χ1) is 9.48. The fourth-order valence-electron chi connectivity index (χ4n) is 2.55. The standard InChI is InChI=1S/C13H20N4O2S/c1-14-11-7-12(16-13(15-11)9-3-4-9)17(2)10-5-6-20(18,19)8-10/h7,9-10H,3-6,8H2,1-2H3,(H,14,15,16). The van der Waals surface area contributed by atoms with Crippen LogP contribution in [0, 0.1) is 0 Å². The molecule has 2 heterocycles. The van der Waals surface area contributed by atoms with Gasteiger partial charge < -0.3 is 10.2 Å². The van der Waals surface area contributed by atoms with Crippen LogP contribution in [0.1, 0.15) is 31.0 Å². The maximum absolute atomic E-state index is 11.6. The molecule has 2 fully saturated rings. The summed E-state index contributed by atoms with van der Waals surface area (Å²) in [5, 5.41) is 3.06. The van der Waals surface area contributed by atoms with Crippen LogP contribution in [0.5, 0.6) is 0 Å². The summed E-state index contributed by atoms with van der Waals surface area (Å²) in [6.07, 6.45) is 2.97. The van der Waals surface area contributed by atoms with Gasteiger partial charge in [0.05, 0.1) is 11.5 Å². The van der Waals surface area contributed by atoms with Crippen LogP contribution in [-0.4, -0.2) is 50.0 Å². The van der Waals surface area contributed by atoms with Gasteiger partial charge >= 0.3 is 0 Å². The van der Waals surface area contributed by atoms with Crippen molar-refractivity contribution in [2.24, 2.45) is 0 Å². The average molecular weight is 296 g/mol. The molecule has 1 aliphatic heterocycles. The van der Waals surface area contributed by atoms with E-state index in [1.165, 1.54) is 0 Å². The molecule has 7 heteroatoms. The summed E-state index contributed by atoms with van der Waals surface area (Å²) >= 11 is 0. The highest BCUT2D eigenvalue weighted by atomic mass is 32.2. The van der Waals surface area contributed by atoms with Crippen molar-refractivity contribution in [3.05, 3.63) is 11.9 Å². The van der Waals surface area contributed by atoms with E-state index in [4.69, 9.17) is 0 Å². The van der Waals surface area contributed by atoms with Gasteiger partial charge in [-0.05, 0) is 19.3 Å². The van der Waals surface area contributed by atoms with E-state index in [1.54, 1.807) is 0 Å². The first-order valence-electron chi connectivity index (χ1n) is 6.98. The maximum Gasteiger partial charge on any atom is 0.152 e. The number of anilines is 2. The number of rotatable bonds is 4. The van der Waals surface area contributed by atoms with Crippen LogP contribution < -0.4 is 10.2 Å². The van der Waals surface area contributed by atoms with E-state index >= 15 is 0 Å². The van der Waals surface area contributed by atoms with Crippen molar-refractivity contribution in [3.8, 4) is 0 Å². The van der Waals surface area contributed by atoms with Gasteiger partial charge in [0.2, 0.25) is 0 Å². The van der Waals surface area contributed by atoms with Crippen molar-refractivity contribution in [2.45, 2.75) is 31.2 Å². The average Bonchev–Trinajstić information content (AvgIpc) is 3.21. The Bertz CT molecular complexity index is 613. The molecule has 1 aliphatic carbocycles. The molecule has 1 saturated heterocycles. The van der Waals surface area contributed by atoms with Crippen molar-refractivity contribution < 1.29 is 8.42 Å². The molecule has 2 aliphatic rings. The van der Waals surface area contributed by atoms with Gasteiger partial charge in [0.25, 0.3) is 0 Å². The Morgan fingerprint density at radius 3 is 2.60 bits per heavy atom. The highest BCUT2D eigenvalue weighted by Gasteiger charge is 2.32. The second-order valence-electron chi connectivity index (χ2n) is 5.66.